The van der Waals surface area contributed by atoms with Crippen LogP contribution in [0.15, 0.2) is 46.2 Å². The molecule has 6 nitrogen and oxygen atoms in total. The zero-order valence-corrected chi connectivity index (χ0v) is 19.9. The molecule has 0 aliphatic rings. The summed E-state index contributed by atoms with van der Waals surface area (Å²) in [4.78, 5) is 0.768. The molecule has 0 aliphatic carbocycles. The zero-order valence-electron chi connectivity index (χ0n) is 17.4. The molecule has 0 saturated heterocycles. The van der Waals surface area contributed by atoms with Gasteiger partial charge < -0.3 is 4.18 Å². The van der Waals surface area contributed by atoms with Crippen LogP contribution in [0.1, 0.15) is 44.4 Å². The third kappa shape index (κ3) is 6.21. The van der Waals surface area contributed by atoms with Crippen molar-refractivity contribution < 1.29 is 21.0 Å². The Balaban J connectivity index is 2.52. The lowest BCUT2D eigenvalue weighted by atomic mass is 9.86. The number of aryl methyl sites for hydroxylation is 2. The van der Waals surface area contributed by atoms with Gasteiger partial charge in [-0.2, -0.15) is 13.1 Å². The van der Waals surface area contributed by atoms with E-state index in [9.17, 15) is 16.8 Å². The number of rotatable bonds is 7. The zero-order chi connectivity index (χ0) is 22.0. The van der Waals surface area contributed by atoms with Gasteiger partial charge in [-0.3, -0.25) is 0 Å². The number of benzene rings is 2. The van der Waals surface area contributed by atoms with E-state index in [4.69, 9.17) is 4.18 Å². The fraction of sp³-hybridized carbons (Fsp3) is 0.400. The summed E-state index contributed by atoms with van der Waals surface area (Å²) < 4.78 is 57.3. The van der Waals surface area contributed by atoms with Crippen molar-refractivity contribution in [3.8, 4) is 5.75 Å². The van der Waals surface area contributed by atoms with Crippen LogP contribution in [0.5, 0.6) is 5.75 Å². The molecule has 2 aromatic rings. The van der Waals surface area contributed by atoms with Crippen LogP contribution in [0, 0.1) is 13.8 Å². The van der Waals surface area contributed by atoms with Crippen molar-refractivity contribution in [1.82, 2.24) is 4.72 Å². The maximum Gasteiger partial charge on any atom is 0.382 e. The Bertz CT molecular complexity index is 1080. The second-order valence-corrected chi connectivity index (χ2v) is 12.9. The van der Waals surface area contributed by atoms with E-state index < -0.39 is 24.6 Å². The molecule has 0 unspecified atom stereocenters. The summed E-state index contributed by atoms with van der Waals surface area (Å²) in [5, 5.41) is 0. The van der Waals surface area contributed by atoms with E-state index in [-0.39, 0.29) is 17.2 Å². The SMILES string of the molecule is CCNS(=O)(=O)Oc1cc(C(C)(C)C)c(SS(=O)(=O)c2ccc(C)cc2)cc1C. The van der Waals surface area contributed by atoms with Crippen LogP contribution in [-0.2, 0) is 24.6 Å². The highest BCUT2D eigenvalue weighted by molar-refractivity contribution is 8.72. The summed E-state index contributed by atoms with van der Waals surface area (Å²) in [6, 6.07) is 9.95. The molecule has 0 spiro atoms. The van der Waals surface area contributed by atoms with Gasteiger partial charge in [0.2, 0.25) is 8.87 Å². The quantitative estimate of drug-likeness (QED) is 0.623. The highest BCUT2D eigenvalue weighted by atomic mass is 33.1. The smallest absolute Gasteiger partial charge is 0.371 e. The predicted octanol–water partition coefficient (Wildman–Crippen LogP) is 4.32. The minimum absolute atomic E-state index is 0.174. The Morgan fingerprint density at radius 3 is 2.10 bits per heavy atom. The van der Waals surface area contributed by atoms with Gasteiger partial charge in [0.15, 0.2) is 0 Å². The molecule has 0 radical (unpaired) electrons. The largest absolute Gasteiger partial charge is 0.382 e. The van der Waals surface area contributed by atoms with Crippen LogP contribution in [0.3, 0.4) is 0 Å². The first-order valence-electron chi connectivity index (χ1n) is 9.10. The molecule has 2 rings (SSSR count). The van der Waals surface area contributed by atoms with Crippen molar-refractivity contribution in [2.45, 2.75) is 56.7 Å². The second-order valence-electron chi connectivity index (χ2n) is 7.75. The van der Waals surface area contributed by atoms with E-state index in [1.54, 1.807) is 50.2 Å². The standard InChI is InChI=1S/C20H27NO5S3/c1-7-21-29(24,25)26-18-13-17(20(4,5)6)19(12-15(18)3)27-28(22,23)16-10-8-14(2)9-11-16/h8-13,21H,7H2,1-6H3. The molecular formula is C20H27NO5S3. The maximum atomic E-state index is 12.9. The van der Waals surface area contributed by atoms with E-state index in [2.05, 4.69) is 4.72 Å². The fourth-order valence-corrected chi connectivity index (χ4v) is 6.66. The van der Waals surface area contributed by atoms with E-state index >= 15 is 0 Å². The molecule has 0 bridgehead atoms. The molecule has 2 aromatic carbocycles. The third-order valence-corrected chi connectivity index (χ3v) is 8.52. The van der Waals surface area contributed by atoms with E-state index in [0.717, 1.165) is 16.4 Å². The molecule has 9 heteroatoms. The second kappa shape index (κ2) is 8.67. The van der Waals surface area contributed by atoms with Crippen molar-refractivity contribution in [3.05, 3.63) is 53.1 Å². The summed E-state index contributed by atoms with van der Waals surface area (Å²) in [6.45, 7) is 11.2. The van der Waals surface area contributed by atoms with Crippen LogP contribution in [0.25, 0.3) is 0 Å². The lowest BCUT2D eigenvalue weighted by Gasteiger charge is -2.24. The average Bonchev–Trinajstić information content (AvgIpc) is 2.56. The first kappa shape index (κ1) is 23.7. The maximum absolute atomic E-state index is 12.9. The van der Waals surface area contributed by atoms with Crippen LogP contribution in [0.2, 0.25) is 0 Å². The molecule has 0 aromatic heterocycles. The van der Waals surface area contributed by atoms with Gasteiger partial charge in [-0.25, -0.2) is 8.42 Å². The fourth-order valence-electron chi connectivity index (χ4n) is 2.60. The topological polar surface area (TPSA) is 89.5 Å². The Morgan fingerprint density at radius 2 is 1.59 bits per heavy atom. The van der Waals surface area contributed by atoms with Gasteiger partial charge in [0, 0.05) is 22.2 Å². The van der Waals surface area contributed by atoms with Gasteiger partial charge in [-0.1, -0.05) is 45.4 Å². The van der Waals surface area contributed by atoms with Crippen LogP contribution < -0.4 is 8.91 Å². The summed E-state index contributed by atoms with van der Waals surface area (Å²) >= 11 is 0. The summed E-state index contributed by atoms with van der Waals surface area (Å²) in [5.41, 5.74) is 1.76. The van der Waals surface area contributed by atoms with Gasteiger partial charge in [0.1, 0.15) is 5.75 Å². The van der Waals surface area contributed by atoms with Gasteiger partial charge in [-0.05, 0) is 54.7 Å². The van der Waals surface area contributed by atoms with Gasteiger partial charge in [0.25, 0.3) is 0 Å². The van der Waals surface area contributed by atoms with E-state index in [1.165, 1.54) is 0 Å². The number of hydrogen-bond donors (Lipinski definition) is 1. The summed E-state index contributed by atoms with van der Waals surface area (Å²) in [7, 11) is -6.82. The van der Waals surface area contributed by atoms with Crippen molar-refractivity contribution in [2.75, 3.05) is 6.54 Å². The first-order valence-corrected chi connectivity index (χ1v) is 13.3. The lowest BCUT2D eigenvalue weighted by Crippen LogP contribution is -2.28. The minimum Gasteiger partial charge on any atom is -0.371 e. The Hall–Kier alpha value is -1.55. The molecule has 0 aliphatic heterocycles. The molecule has 160 valence electrons. The minimum atomic E-state index is -3.94. The number of nitrogens with one attached hydrogen (secondary N) is 1. The highest BCUT2D eigenvalue weighted by Gasteiger charge is 2.26. The molecular weight excluding hydrogens is 430 g/mol. The van der Waals surface area contributed by atoms with Crippen LogP contribution in [0.4, 0.5) is 0 Å². The van der Waals surface area contributed by atoms with Crippen molar-refractivity contribution in [3.63, 3.8) is 0 Å². The Labute approximate surface area is 177 Å². The van der Waals surface area contributed by atoms with Gasteiger partial charge in [-0.15, -0.1) is 0 Å². The van der Waals surface area contributed by atoms with Gasteiger partial charge in [0.05, 0.1) is 4.90 Å². The molecule has 0 amide bonds. The lowest BCUT2D eigenvalue weighted by molar-refractivity contribution is 0.468. The van der Waals surface area contributed by atoms with Crippen molar-refractivity contribution in [2.24, 2.45) is 0 Å². The summed E-state index contributed by atoms with van der Waals surface area (Å²) in [5.74, 6) is 0.174. The molecule has 29 heavy (non-hydrogen) atoms. The van der Waals surface area contributed by atoms with Crippen LogP contribution in [-0.4, -0.2) is 23.4 Å². The molecule has 1 N–H and O–H groups in total. The normalized spacial score (nSPS) is 12.8. The van der Waals surface area contributed by atoms with Gasteiger partial charge >= 0.3 is 10.3 Å². The van der Waals surface area contributed by atoms with E-state index in [0.29, 0.717) is 16.0 Å². The number of hydrogen-bond acceptors (Lipinski definition) is 6. The molecule has 0 saturated carbocycles. The molecule has 0 heterocycles. The van der Waals surface area contributed by atoms with Crippen LogP contribution >= 0.6 is 10.8 Å². The monoisotopic (exact) mass is 457 g/mol. The van der Waals surface area contributed by atoms with E-state index in [1.807, 2.05) is 27.7 Å². The molecule has 0 fully saturated rings. The highest BCUT2D eigenvalue weighted by Crippen LogP contribution is 2.41. The Morgan fingerprint density at radius 1 is 1.00 bits per heavy atom. The third-order valence-electron chi connectivity index (χ3n) is 4.11. The van der Waals surface area contributed by atoms with Crippen molar-refractivity contribution in [1.29, 1.82) is 0 Å². The average molecular weight is 458 g/mol. The molecule has 0 atom stereocenters. The summed E-state index contributed by atoms with van der Waals surface area (Å²) in [6.07, 6.45) is 0. The first-order chi connectivity index (χ1) is 13.2. The Kier molecular flexibility index (Phi) is 7.09. The van der Waals surface area contributed by atoms with Crippen molar-refractivity contribution >= 4 is 30.0 Å². The predicted molar refractivity (Wildman–Crippen MR) is 117 cm³/mol.